The quantitative estimate of drug-likeness (QED) is 0.481. The summed E-state index contributed by atoms with van der Waals surface area (Å²) in [5.41, 5.74) is 0. The summed E-state index contributed by atoms with van der Waals surface area (Å²) >= 11 is 0. The molecule has 6 atom stereocenters. The summed E-state index contributed by atoms with van der Waals surface area (Å²) in [5.74, 6) is 0.513. The van der Waals surface area contributed by atoms with E-state index in [2.05, 4.69) is 32.6 Å². The highest BCUT2D eigenvalue weighted by Crippen LogP contribution is 2.40. The Hall–Kier alpha value is -2.07. The zero-order valence-electron chi connectivity index (χ0n) is 18.9. The molecule has 3 N–H and O–H groups in total. The number of carboxylic acid groups (broad SMARTS) is 2. The summed E-state index contributed by atoms with van der Waals surface area (Å²) in [7, 11) is 0. The predicted octanol–water partition coefficient (Wildman–Crippen LogP) is 1.58. The third-order valence-corrected chi connectivity index (χ3v) is 7.67. The first kappa shape index (κ1) is 23.1. The van der Waals surface area contributed by atoms with E-state index >= 15 is 0 Å². The zero-order valence-corrected chi connectivity index (χ0v) is 18.9. The number of likely N-dealkylation sites (tertiary alicyclic amines) is 1. The third-order valence-electron chi connectivity index (χ3n) is 7.67. The summed E-state index contributed by atoms with van der Waals surface area (Å²) in [6.45, 7) is 4.29. The number of aliphatic carboxylic acids is 2. The van der Waals surface area contributed by atoms with Gasteiger partial charge >= 0.3 is 11.9 Å². The minimum Gasteiger partial charge on any atom is -0.480 e. The Balaban J connectivity index is 1.35. The maximum Gasteiger partial charge on any atom is 0.321 e. The van der Waals surface area contributed by atoms with Crippen LogP contribution in [-0.4, -0.2) is 79.0 Å². The molecule has 3 fully saturated rings. The number of aromatic nitrogens is 4. The normalized spacial score (nSPS) is 33.2. The van der Waals surface area contributed by atoms with Gasteiger partial charge in [0.2, 0.25) is 0 Å². The molecule has 10 heteroatoms. The minimum atomic E-state index is -0.794. The molecule has 10 nitrogen and oxygen atoms in total. The molecule has 3 aliphatic rings. The van der Waals surface area contributed by atoms with E-state index in [4.69, 9.17) is 0 Å². The second kappa shape index (κ2) is 10.2. The van der Waals surface area contributed by atoms with Crippen molar-refractivity contribution in [1.29, 1.82) is 0 Å². The van der Waals surface area contributed by atoms with E-state index < -0.39 is 24.0 Å². The van der Waals surface area contributed by atoms with Gasteiger partial charge in [-0.25, -0.2) is 0 Å². The number of hydrogen-bond donors (Lipinski definition) is 3. The average Bonchev–Trinajstić information content (AvgIpc) is 3.40. The SMILES string of the molecule is CCCCCc1nnn(C2CC(C(=O)O)N(CC3CCC4CNC(C(=O)O)CC4C3)C2)n1. The molecule has 2 aliphatic heterocycles. The van der Waals surface area contributed by atoms with Gasteiger partial charge in [-0.3, -0.25) is 14.5 Å². The molecule has 178 valence electrons. The fourth-order valence-corrected chi connectivity index (χ4v) is 5.90. The molecule has 1 aromatic rings. The number of tetrazole rings is 1. The Morgan fingerprint density at radius 2 is 1.94 bits per heavy atom. The molecule has 6 unspecified atom stereocenters. The first-order valence-electron chi connectivity index (χ1n) is 12.2. The number of carboxylic acids is 2. The zero-order chi connectivity index (χ0) is 22.7. The first-order chi connectivity index (χ1) is 15.4. The van der Waals surface area contributed by atoms with E-state index in [-0.39, 0.29) is 6.04 Å². The molecule has 0 amide bonds. The molecule has 1 aromatic heterocycles. The number of carbonyl (C=O) groups is 2. The number of fused-ring (bicyclic) bond motifs is 1. The fourth-order valence-electron chi connectivity index (χ4n) is 5.90. The number of unbranched alkanes of at least 4 members (excludes halogenated alkanes) is 2. The van der Waals surface area contributed by atoms with Crippen LogP contribution in [0.15, 0.2) is 0 Å². The number of piperidine rings is 1. The highest BCUT2D eigenvalue weighted by Gasteiger charge is 2.42. The molecule has 1 aliphatic carbocycles. The fraction of sp³-hybridized carbons (Fsp3) is 0.864. The molecular weight excluding hydrogens is 412 g/mol. The minimum absolute atomic E-state index is 0.0739. The lowest BCUT2D eigenvalue weighted by Gasteiger charge is -2.42. The van der Waals surface area contributed by atoms with E-state index in [1.54, 1.807) is 4.80 Å². The van der Waals surface area contributed by atoms with Crippen LogP contribution in [0.4, 0.5) is 0 Å². The van der Waals surface area contributed by atoms with E-state index in [0.717, 1.165) is 63.9 Å². The average molecular weight is 449 g/mol. The van der Waals surface area contributed by atoms with Gasteiger partial charge in [0.1, 0.15) is 12.1 Å². The van der Waals surface area contributed by atoms with E-state index in [1.807, 2.05) is 0 Å². The van der Waals surface area contributed by atoms with Crippen LogP contribution in [0.25, 0.3) is 0 Å². The standard InChI is InChI=1S/C22H36N6O4/c1-2-3-4-5-20-24-26-28(25-20)17-10-19(22(31)32)27(13-17)12-14-6-7-15-11-23-18(21(29)30)9-16(15)8-14/h14-19,23H,2-13H2,1H3,(H,29,30)(H,31,32). The topological polar surface area (TPSA) is 133 Å². The van der Waals surface area contributed by atoms with Crippen LogP contribution >= 0.6 is 0 Å². The lowest BCUT2D eigenvalue weighted by Crippen LogP contribution is -2.50. The summed E-state index contributed by atoms with van der Waals surface area (Å²) < 4.78 is 0. The van der Waals surface area contributed by atoms with Crippen molar-refractivity contribution in [3.8, 4) is 0 Å². The van der Waals surface area contributed by atoms with Gasteiger partial charge in [0.05, 0.1) is 6.04 Å². The van der Waals surface area contributed by atoms with Gasteiger partial charge in [-0.15, -0.1) is 10.2 Å². The second-order valence-electron chi connectivity index (χ2n) is 9.91. The van der Waals surface area contributed by atoms with Crippen LogP contribution in [0.1, 0.15) is 70.2 Å². The number of aryl methyl sites for hydroxylation is 1. The monoisotopic (exact) mass is 448 g/mol. The first-order valence-corrected chi connectivity index (χ1v) is 12.2. The van der Waals surface area contributed by atoms with Crippen LogP contribution in [0.2, 0.25) is 0 Å². The Bertz CT molecular complexity index is 801. The molecule has 0 bridgehead atoms. The molecule has 2 saturated heterocycles. The maximum atomic E-state index is 12.0. The molecule has 32 heavy (non-hydrogen) atoms. The van der Waals surface area contributed by atoms with Crippen LogP contribution in [-0.2, 0) is 16.0 Å². The van der Waals surface area contributed by atoms with Gasteiger partial charge in [0, 0.05) is 19.5 Å². The Morgan fingerprint density at radius 1 is 1.09 bits per heavy atom. The van der Waals surface area contributed by atoms with Crippen LogP contribution in [0, 0.1) is 17.8 Å². The van der Waals surface area contributed by atoms with Crippen molar-refractivity contribution >= 4 is 11.9 Å². The van der Waals surface area contributed by atoms with Gasteiger partial charge in [0.15, 0.2) is 5.82 Å². The summed E-state index contributed by atoms with van der Waals surface area (Å²) in [4.78, 5) is 27.1. The lowest BCUT2D eigenvalue weighted by molar-refractivity contribution is -0.143. The number of hydrogen-bond acceptors (Lipinski definition) is 7. The van der Waals surface area contributed by atoms with Crippen molar-refractivity contribution in [2.45, 2.75) is 82.8 Å². The Kier molecular flexibility index (Phi) is 7.40. The smallest absolute Gasteiger partial charge is 0.321 e. The second-order valence-corrected chi connectivity index (χ2v) is 9.91. The largest absolute Gasteiger partial charge is 0.480 e. The van der Waals surface area contributed by atoms with Crippen molar-refractivity contribution in [2.75, 3.05) is 19.6 Å². The van der Waals surface area contributed by atoms with Crippen LogP contribution in [0.3, 0.4) is 0 Å². The maximum absolute atomic E-state index is 12.0. The van der Waals surface area contributed by atoms with Gasteiger partial charge in [-0.05, 0) is 68.0 Å². The molecule has 1 saturated carbocycles. The lowest BCUT2D eigenvalue weighted by atomic mass is 9.69. The molecular formula is C22H36N6O4. The molecule has 4 rings (SSSR count). The Morgan fingerprint density at radius 3 is 2.69 bits per heavy atom. The van der Waals surface area contributed by atoms with Crippen molar-refractivity contribution < 1.29 is 19.8 Å². The van der Waals surface area contributed by atoms with E-state index in [0.29, 0.717) is 37.1 Å². The number of nitrogens with one attached hydrogen (secondary N) is 1. The van der Waals surface area contributed by atoms with E-state index in [1.165, 1.54) is 0 Å². The van der Waals surface area contributed by atoms with Crippen molar-refractivity contribution in [3.05, 3.63) is 5.82 Å². The van der Waals surface area contributed by atoms with Crippen LogP contribution in [0.5, 0.6) is 0 Å². The number of rotatable bonds is 9. The predicted molar refractivity (Wildman–Crippen MR) is 116 cm³/mol. The van der Waals surface area contributed by atoms with Crippen molar-refractivity contribution in [3.63, 3.8) is 0 Å². The van der Waals surface area contributed by atoms with Gasteiger partial charge in [-0.1, -0.05) is 19.8 Å². The molecule has 0 radical (unpaired) electrons. The van der Waals surface area contributed by atoms with Gasteiger partial charge in [-0.2, -0.15) is 4.80 Å². The summed E-state index contributed by atoms with van der Waals surface area (Å²) in [6.07, 6.45) is 8.42. The highest BCUT2D eigenvalue weighted by atomic mass is 16.4. The summed E-state index contributed by atoms with van der Waals surface area (Å²) in [6, 6.07) is -1.06. The van der Waals surface area contributed by atoms with E-state index in [9.17, 15) is 19.8 Å². The molecule has 3 heterocycles. The number of nitrogens with zero attached hydrogens (tertiary/aromatic N) is 5. The summed E-state index contributed by atoms with van der Waals surface area (Å²) in [5, 5.41) is 35.3. The molecule has 0 aromatic carbocycles. The van der Waals surface area contributed by atoms with Crippen molar-refractivity contribution in [2.24, 2.45) is 17.8 Å². The van der Waals surface area contributed by atoms with Crippen LogP contribution < -0.4 is 5.32 Å². The Labute approximate surface area is 188 Å². The highest BCUT2D eigenvalue weighted by molar-refractivity contribution is 5.74. The van der Waals surface area contributed by atoms with Gasteiger partial charge in [0.25, 0.3) is 0 Å². The third kappa shape index (κ3) is 5.28. The molecule has 0 spiro atoms. The van der Waals surface area contributed by atoms with Gasteiger partial charge < -0.3 is 15.5 Å². The van der Waals surface area contributed by atoms with Crippen molar-refractivity contribution in [1.82, 2.24) is 30.4 Å².